The molecule has 1 aliphatic rings. The highest BCUT2D eigenvalue weighted by molar-refractivity contribution is 7.80. The summed E-state index contributed by atoms with van der Waals surface area (Å²) < 4.78 is 1.88. The number of thiol groups is 1. The zero-order valence-electron chi connectivity index (χ0n) is 4.86. The molecule has 0 bridgehead atoms. The summed E-state index contributed by atoms with van der Waals surface area (Å²) in [5, 5.41) is 4.61. The van der Waals surface area contributed by atoms with Crippen molar-refractivity contribution in [3.8, 4) is 0 Å². The third-order valence-electron chi connectivity index (χ3n) is 1.42. The molecule has 1 fully saturated rings. The van der Waals surface area contributed by atoms with E-state index >= 15 is 0 Å². The van der Waals surface area contributed by atoms with Crippen LogP contribution in [0.25, 0.3) is 0 Å². The fraction of sp³-hybridized carbons (Fsp3) is 0.600. The zero-order valence-corrected chi connectivity index (χ0v) is 5.75. The molecule has 2 rings (SSSR count). The molecule has 0 atom stereocenters. The molecule has 3 nitrogen and oxygen atoms in total. The van der Waals surface area contributed by atoms with Crippen LogP contribution in [0.15, 0.2) is 11.5 Å². The molecule has 0 amide bonds. The second-order valence-corrected chi connectivity index (χ2v) is 2.66. The maximum Gasteiger partial charge on any atom is 0.205 e. The lowest BCUT2D eigenvalue weighted by atomic mass is 10.7. The summed E-state index contributed by atoms with van der Waals surface area (Å²) in [6.45, 7) is 0. The van der Waals surface area contributed by atoms with Gasteiger partial charge in [-0.05, 0) is 12.8 Å². The molecule has 1 aromatic heterocycles. The minimum atomic E-state index is 0.571. The molecule has 48 valence electrons. The van der Waals surface area contributed by atoms with Crippen molar-refractivity contribution in [2.24, 2.45) is 0 Å². The van der Waals surface area contributed by atoms with Crippen molar-refractivity contribution in [2.45, 2.75) is 24.0 Å². The monoisotopic (exact) mass is 141 g/mol. The Kier molecular flexibility index (Phi) is 1.02. The van der Waals surface area contributed by atoms with Crippen LogP contribution in [0.2, 0.25) is 0 Å². The van der Waals surface area contributed by atoms with Crippen molar-refractivity contribution in [2.75, 3.05) is 0 Å². The zero-order chi connectivity index (χ0) is 6.27. The quantitative estimate of drug-likeness (QED) is 0.589. The van der Waals surface area contributed by atoms with E-state index < -0.39 is 0 Å². The molecule has 9 heavy (non-hydrogen) atoms. The Labute approximate surface area is 58.5 Å². The topological polar surface area (TPSA) is 30.7 Å². The van der Waals surface area contributed by atoms with Crippen LogP contribution in [0, 0.1) is 0 Å². The van der Waals surface area contributed by atoms with Crippen molar-refractivity contribution in [3.63, 3.8) is 0 Å². The first-order chi connectivity index (χ1) is 4.36. The van der Waals surface area contributed by atoms with Gasteiger partial charge in [0, 0.05) is 0 Å². The number of hydrogen-bond donors (Lipinski definition) is 1. The van der Waals surface area contributed by atoms with Crippen LogP contribution in [-0.4, -0.2) is 14.8 Å². The Morgan fingerprint density at radius 3 is 2.89 bits per heavy atom. The lowest BCUT2D eigenvalue weighted by Gasteiger charge is -1.89. The Balaban J connectivity index is 2.28. The molecule has 0 saturated heterocycles. The van der Waals surface area contributed by atoms with Crippen LogP contribution in [0.3, 0.4) is 0 Å². The number of rotatable bonds is 1. The highest BCUT2D eigenvalue weighted by Gasteiger charge is 2.24. The Bertz CT molecular complexity index is 216. The van der Waals surface area contributed by atoms with Gasteiger partial charge in [0.05, 0.1) is 6.04 Å². The fourth-order valence-corrected chi connectivity index (χ4v) is 0.936. The maximum absolute atomic E-state index is 4.04. The van der Waals surface area contributed by atoms with Gasteiger partial charge in [-0.2, -0.15) is 0 Å². The van der Waals surface area contributed by atoms with Crippen molar-refractivity contribution in [1.82, 2.24) is 14.8 Å². The van der Waals surface area contributed by atoms with E-state index in [0.29, 0.717) is 11.2 Å². The molecule has 1 saturated carbocycles. The summed E-state index contributed by atoms with van der Waals surface area (Å²) in [5.41, 5.74) is 0. The van der Waals surface area contributed by atoms with E-state index in [2.05, 4.69) is 22.7 Å². The fourth-order valence-electron chi connectivity index (χ4n) is 0.781. The Morgan fingerprint density at radius 2 is 2.44 bits per heavy atom. The summed E-state index contributed by atoms with van der Waals surface area (Å²) in [7, 11) is 0. The molecule has 0 aromatic carbocycles. The van der Waals surface area contributed by atoms with Gasteiger partial charge in [-0.15, -0.1) is 17.7 Å². The van der Waals surface area contributed by atoms with E-state index in [1.807, 2.05) is 4.68 Å². The van der Waals surface area contributed by atoms with Gasteiger partial charge in [-0.25, -0.2) is 9.67 Å². The van der Waals surface area contributed by atoms with Crippen LogP contribution in [0.5, 0.6) is 0 Å². The SMILES string of the molecule is Sc1ncn(C2CC2)n1. The molecule has 0 radical (unpaired) electrons. The molecule has 1 heterocycles. The number of aromatic nitrogens is 3. The van der Waals surface area contributed by atoms with Gasteiger partial charge in [-0.1, -0.05) is 0 Å². The van der Waals surface area contributed by atoms with Gasteiger partial charge in [0.25, 0.3) is 0 Å². The normalized spacial score (nSPS) is 18.3. The third-order valence-corrected chi connectivity index (χ3v) is 1.62. The van der Waals surface area contributed by atoms with Crippen molar-refractivity contribution < 1.29 is 0 Å². The van der Waals surface area contributed by atoms with Crippen molar-refractivity contribution in [1.29, 1.82) is 0 Å². The maximum atomic E-state index is 4.04. The van der Waals surface area contributed by atoms with E-state index in [-0.39, 0.29) is 0 Å². The van der Waals surface area contributed by atoms with Crippen molar-refractivity contribution >= 4 is 12.6 Å². The van der Waals surface area contributed by atoms with E-state index in [1.54, 1.807) is 6.33 Å². The summed E-state index contributed by atoms with van der Waals surface area (Å²) in [6, 6.07) is 0.624. The van der Waals surface area contributed by atoms with Crippen LogP contribution in [-0.2, 0) is 0 Å². The van der Waals surface area contributed by atoms with Crippen LogP contribution in [0.1, 0.15) is 18.9 Å². The largest absolute Gasteiger partial charge is 0.249 e. The average Bonchev–Trinajstić information content (AvgIpc) is 2.58. The van der Waals surface area contributed by atoms with E-state index in [4.69, 9.17) is 0 Å². The van der Waals surface area contributed by atoms with E-state index in [9.17, 15) is 0 Å². The first kappa shape index (κ1) is 5.29. The molecule has 4 heteroatoms. The predicted octanol–water partition coefficient (Wildman–Crippen LogP) is 0.902. The third kappa shape index (κ3) is 0.941. The van der Waals surface area contributed by atoms with Gasteiger partial charge in [0.2, 0.25) is 5.16 Å². The Morgan fingerprint density at radius 1 is 1.67 bits per heavy atom. The second-order valence-electron chi connectivity index (χ2n) is 2.26. The molecule has 0 aliphatic heterocycles. The average molecular weight is 141 g/mol. The van der Waals surface area contributed by atoms with Crippen LogP contribution < -0.4 is 0 Å². The molecular weight excluding hydrogens is 134 g/mol. The molecule has 1 aliphatic carbocycles. The molecule has 0 spiro atoms. The summed E-state index contributed by atoms with van der Waals surface area (Å²) >= 11 is 3.98. The summed E-state index contributed by atoms with van der Waals surface area (Å²) in [6.07, 6.45) is 4.23. The van der Waals surface area contributed by atoms with Gasteiger partial charge < -0.3 is 0 Å². The highest BCUT2D eigenvalue weighted by atomic mass is 32.1. The van der Waals surface area contributed by atoms with Crippen molar-refractivity contribution in [3.05, 3.63) is 6.33 Å². The number of hydrogen-bond acceptors (Lipinski definition) is 3. The van der Waals surface area contributed by atoms with Crippen LogP contribution in [0.4, 0.5) is 0 Å². The van der Waals surface area contributed by atoms with E-state index in [0.717, 1.165) is 0 Å². The minimum Gasteiger partial charge on any atom is -0.249 e. The smallest absolute Gasteiger partial charge is 0.205 e. The minimum absolute atomic E-state index is 0.571. The van der Waals surface area contributed by atoms with Gasteiger partial charge in [0.1, 0.15) is 6.33 Å². The lowest BCUT2D eigenvalue weighted by molar-refractivity contribution is 0.624. The Hall–Kier alpha value is -0.510. The van der Waals surface area contributed by atoms with E-state index in [1.165, 1.54) is 12.8 Å². The number of nitrogens with zero attached hydrogens (tertiary/aromatic N) is 3. The van der Waals surface area contributed by atoms with Gasteiger partial charge in [0.15, 0.2) is 0 Å². The molecular formula is C5H7N3S. The summed E-state index contributed by atoms with van der Waals surface area (Å²) in [4.78, 5) is 3.89. The van der Waals surface area contributed by atoms with Crippen LogP contribution >= 0.6 is 12.6 Å². The summed E-state index contributed by atoms with van der Waals surface area (Å²) in [5.74, 6) is 0. The highest BCUT2D eigenvalue weighted by Crippen LogP contribution is 2.33. The van der Waals surface area contributed by atoms with Gasteiger partial charge in [-0.3, -0.25) is 0 Å². The van der Waals surface area contributed by atoms with Gasteiger partial charge >= 0.3 is 0 Å². The first-order valence-corrected chi connectivity index (χ1v) is 3.41. The first-order valence-electron chi connectivity index (χ1n) is 2.96. The lowest BCUT2D eigenvalue weighted by Crippen LogP contribution is -1.92. The molecule has 1 aromatic rings. The standard InChI is InChI=1S/C5H7N3S/c9-5-6-3-8(7-5)4-1-2-4/h3-4H,1-2H2,(H,7,9). The molecule has 0 unspecified atom stereocenters. The second kappa shape index (κ2) is 1.73. The predicted molar refractivity (Wildman–Crippen MR) is 35.5 cm³/mol. The molecule has 0 N–H and O–H groups in total.